The number of carboxylic acid groups (broad SMARTS) is 1. The van der Waals surface area contributed by atoms with Crippen molar-refractivity contribution in [2.75, 3.05) is 5.32 Å². The molecule has 2 aromatic rings. The maximum Gasteiger partial charge on any atom is 0.309 e. The Labute approximate surface area is 123 Å². The lowest BCUT2D eigenvalue weighted by Crippen LogP contribution is -2.00. The van der Waals surface area contributed by atoms with Gasteiger partial charge in [-0.1, -0.05) is 15.9 Å². The largest absolute Gasteiger partial charge is 0.481 e. The fourth-order valence-corrected chi connectivity index (χ4v) is 2.70. The summed E-state index contributed by atoms with van der Waals surface area (Å²) in [6, 6.07) is 4.05. The van der Waals surface area contributed by atoms with E-state index in [0.717, 1.165) is 21.3 Å². The van der Waals surface area contributed by atoms with Gasteiger partial charge in [0.05, 0.1) is 12.1 Å². The van der Waals surface area contributed by atoms with E-state index in [-0.39, 0.29) is 6.42 Å². The number of aryl methyl sites for hydroxylation is 2. The second-order valence-electron chi connectivity index (χ2n) is 4.26. The van der Waals surface area contributed by atoms with E-state index in [1.807, 2.05) is 26.0 Å². The van der Waals surface area contributed by atoms with Gasteiger partial charge in [0.1, 0.15) is 0 Å². The summed E-state index contributed by atoms with van der Waals surface area (Å²) in [5.41, 5.74) is 3.81. The third-order valence-corrected chi connectivity index (χ3v) is 4.63. The van der Waals surface area contributed by atoms with Crippen LogP contribution in [0, 0.1) is 13.8 Å². The molecule has 0 radical (unpaired) electrons. The normalized spacial score (nSPS) is 10.5. The van der Waals surface area contributed by atoms with Crippen molar-refractivity contribution < 1.29 is 9.90 Å². The summed E-state index contributed by atoms with van der Waals surface area (Å²) >= 11 is 4.93. The molecule has 6 heteroatoms. The van der Waals surface area contributed by atoms with Crippen molar-refractivity contribution in [2.24, 2.45) is 0 Å². The summed E-state index contributed by atoms with van der Waals surface area (Å²) in [7, 11) is 0. The predicted octanol–water partition coefficient (Wildman–Crippen LogP) is 3.89. The highest BCUT2D eigenvalue weighted by atomic mass is 79.9. The third-order valence-electron chi connectivity index (χ3n) is 2.57. The van der Waals surface area contributed by atoms with Crippen LogP contribution in [0.25, 0.3) is 0 Å². The molecule has 1 aromatic carbocycles. The van der Waals surface area contributed by atoms with Gasteiger partial charge in [-0.05, 0) is 37.1 Å². The topological polar surface area (TPSA) is 62.2 Å². The number of carboxylic acids is 1. The standard InChI is InChI=1S/C13H13BrN2O2S/c1-7-3-9(4-8(2)12(7)14)15-13-16-10(6-19-13)5-11(17)18/h3-4,6H,5H2,1-2H3,(H,15,16)(H,17,18). The molecule has 0 saturated heterocycles. The number of halogens is 1. The third kappa shape index (κ3) is 3.54. The Balaban J connectivity index is 2.17. The van der Waals surface area contributed by atoms with Crippen molar-refractivity contribution >= 4 is 44.1 Å². The Kier molecular flexibility index (Phi) is 4.21. The average molecular weight is 341 g/mol. The Hall–Kier alpha value is -1.40. The van der Waals surface area contributed by atoms with Gasteiger partial charge in [-0.15, -0.1) is 11.3 Å². The van der Waals surface area contributed by atoms with Gasteiger partial charge in [-0.3, -0.25) is 4.79 Å². The smallest absolute Gasteiger partial charge is 0.309 e. The number of benzene rings is 1. The van der Waals surface area contributed by atoms with Crippen LogP contribution in [-0.2, 0) is 11.2 Å². The number of nitrogens with one attached hydrogen (secondary N) is 1. The molecule has 100 valence electrons. The molecule has 0 aliphatic carbocycles. The maximum atomic E-state index is 10.6. The van der Waals surface area contributed by atoms with E-state index < -0.39 is 5.97 Å². The molecule has 0 unspecified atom stereocenters. The Morgan fingerprint density at radius 2 is 2.05 bits per heavy atom. The van der Waals surface area contributed by atoms with Crippen molar-refractivity contribution in [1.29, 1.82) is 0 Å². The van der Waals surface area contributed by atoms with Gasteiger partial charge in [0, 0.05) is 15.5 Å². The molecule has 2 rings (SSSR count). The molecule has 0 saturated carbocycles. The second-order valence-corrected chi connectivity index (χ2v) is 5.91. The van der Waals surface area contributed by atoms with Gasteiger partial charge in [-0.2, -0.15) is 0 Å². The number of hydrogen-bond donors (Lipinski definition) is 2. The zero-order chi connectivity index (χ0) is 14.0. The number of thiazole rings is 1. The van der Waals surface area contributed by atoms with Gasteiger partial charge >= 0.3 is 5.97 Å². The van der Waals surface area contributed by atoms with Crippen molar-refractivity contribution in [1.82, 2.24) is 4.98 Å². The Morgan fingerprint density at radius 1 is 1.42 bits per heavy atom. The molecule has 19 heavy (non-hydrogen) atoms. The zero-order valence-electron chi connectivity index (χ0n) is 10.5. The molecule has 2 N–H and O–H groups in total. The molecule has 0 amide bonds. The summed E-state index contributed by atoms with van der Waals surface area (Å²) in [5, 5.41) is 14.4. The van der Waals surface area contributed by atoms with E-state index in [2.05, 4.69) is 26.2 Å². The van der Waals surface area contributed by atoms with Crippen molar-refractivity contribution in [3.8, 4) is 0 Å². The summed E-state index contributed by atoms with van der Waals surface area (Å²) in [6.07, 6.45) is -0.0451. The highest BCUT2D eigenvalue weighted by Crippen LogP contribution is 2.28. The van der Waals surface area contributed by atoms with E-state index in [1.165, 1.54) is 11.3 Å². The maximum absolute atomic E-state index is 10.6. The summed E-state index contributed by atoms with van der Waals surface area (Å²) in [4.78, 5) is 14.8. The second kappa shape index (κ2) is 5.71. The molecule has 1 heterocycles. The predicted molar refractivity (Wildman–Crippen MR) is 80.4 cm³/mol. The minimum Gasteiger partial charge on any atom is -0.481 e. The van der Waals surface area contributed by atoms with Gasteiger partial charge in [0.15, 0.2) is 5.13 Å². The number of anilines is 2. The van der Waals surface area contributed by atoms with E-state index in [1.54, 1.807) is 5.38 Å². The molecule has 0 bridgehead atoms. The lowest BCUT2D eigenvalue weighted by atomic mass is 10.1. The zero-order valence-corrected chi connectivity index (χ0v) is 12.9. The first-order valence-electron chi connectivity index (χ1n) is 5.65. The van der Waals surface area contributed by atoms with Gasteiger partial charge in [0.25, 0.3) is 0 Å². The van der Waals surface area contributed by atoms with Gasteiger partial charge < -0.3 is 10.4 Å². The van der Waals surface area contributed by atoms with E-state index >= 15 is 0 Å². The van der Waals surface area contributed by atoms with Crippen molar-refractivity contribution in [3.63, 3.8) is 0 Å². The molecule has 0 aliphatic rings. The van der Waals surface area contributed by atoms with Crippen LogP contribution in [0.4, 0.5) is 10.8 Å². The molecule has 0 aliphatic heterocycles. The number of nitrogens with zero attached hydrogens (tertiary/aromatic N) is 1. The molecular weight excluding hydrogens is 328 g/mol. The van der Waals surface area contributed by atoms with E-state index in [0.29, 0.717) is 10.8 Å². The first-order chi connectivity index (χ1) is 8.95. The highest BCUT2D eigenvalue weighted by Gasteiger charge is 2.07. The molecule has 1 aromatic heterocycles. The summed E-state index contributed by atoms with van der Waals surface area (Å²) < 4.78 is 1.10. The fourth-order valence-electron chi connectivity index (χ4n) is 1.74. The summed E-state index contributed by atoms with van der Waals surface area (Å²) in [5.74, 6) is -0.868. The Bertz CT molecular complexity index is 602. The van der Waals surface area contributed by atoms with Crippen LogP contribution >= 0.6 is 27.3 Å². The lowest BCUT2D eigenvalue weighted by molar-refractivity contribution is -0.136. The van der Waals surface area contributed by atoms with E-state index in [4.69, 9.17) is 5.11 Å². The van der Waals surface area contributed by atoms with Crippen LogP contribution in [0.2, 0.25) is 0 Å². The minimum atomic E-state index is -0.868. The molecule has 4 nitrogen and oxygen atoms in total. The number of aliphatic carboxylic acids is 1. The van der Waals surface area contributed by atoms with Crippen LogP contribution in [0.1, 0.15) is 16.8 Å². The average Bonchev–Trinajstić information content (AvgIpc) is 2.72. The van der Waals surface area contributed by atoms with Gasteiger partial charge in [0.2, 0.25) is 0 Å². The first kappa shape index (κ1) is 14.0. The van der Waals surface area contributed by atoms with Gasteiger partial charge in [-0.25, -0.2) is 4.98 Å². The monoisotopic (exact) mass is 340 g/mol. The van der Waals surface area contributed by atoms with Crippen LogP contribution in [0.3, 0.4) is 0 Å². The fraction of sp³-hybridized carbons (Fsp3) is 0.231. The minimum absolute atomic E-state index is 0.0451. The number of hydrogen-bond acceptors (Lipinski definition) is 4. The molecular formula is C13H13BrN2O2S. The van der Waals surface area contributed by atoms with Crippen LogP contribution in [0.15, 0.2) is 22.0 Å². The Morgan fingerprint density at radius 3 is 2.63 bits per heavy atom. The van der Waals surface area contributed by atoms with E-state index in [9.17, 15) is 4.79 Å². The van der Waals surface area contributed by atoms with Crippen LogP contribution in [-0.4, -0.2) is 16.1 Å². The number of aromatic nitrogens is 1. The summed E-state index contributed by atoms with van der Waals surface area (Å²) in [6.45, 7) is 4.06. The van der Waals surface area contributed by atoms with Crippen LogP contribution in [0.5, 0.6) is 0 Å². The number of carbonyl (C=O) groups is 1. The number of rotatable bonds is 4. The first-order valence-corrected chi connectivity index (χ1v) is 7.33. The molecule has 0 atom stereocenters. The highest BCUT2D eigenvalue weighted by molar-refractivity contribution is 9.10. The van der Waals surface area contributed by atoms with Crippen LogP contribution < -0.4 is 5.32 Å². The SMILES string of the molecule is Cc1cc(Nc2nc(CC(=O)O)cs2)cc(C)c1Br. The van der Waals surface area contributed by atoms with Crippen molar-refractivity contribution in [3.05, 3.63) is 38.8 Å². The molecule has 0 fully saturated rings. The quantitative estimate of drug-likeness (QED) is 0.886. The lowest BCUT2D eigenvalue weighted by Gasteiger charge is -2.08. The van der Waals surface area contributed by atoms with Crippen molar-refractivity contribution in [2.45, 2.75) is 20.3 Å². The molecule has 0 spiro atoms.